The van der Waals surface area contributed by atoms with Gasteiger partial charge in [-0.25, -0.2) is 13.1 Å². The Hall–Kier alpha value is -3.42. The smallest absolute Gasteiger partial charge is 0.254 e. The van der Waals surface area contributed by atoms with Crippen LogP contribution in [0.5, 0.6) is 0 Å². The van der Waals surface area contributed by atoms with Gasteiger partial charge in [0.2, 0.25) is 10.0 Å². The fraction of sp³-hybridized carbons (Fsp3) is 0.250. The summed E-state index contributed by atoms with van der Waals surface area (Å²) in [6.45, 7) is 3.32. The maximum Gasteiger partial charge on any atom is 0.254 e. The van der Waals surface area contributed by atoms with Crippen LogP contribution in [0.3, 0.4) is 0 Å². The molecule has 0 aliphatic carbocycles. The van der Waals surface area contributed by atoms with Crippen LogP contribution < -0.4 is 4.72 Å². The zero-order chi connectivity index (χ0) is 24.4. The van der Waals surface area contributed by atoms with Crippen molar-refractivity contribution in [1.29, 1.82) is 0 Å². The third-order valence-electron chi connectivity index (χ3n) is 6.83. The molecule has 1 saturated heterocycles. The van der Waals surface area contributed by atoms with Gasteiger partial charge < -0.3 is 9.88 Å². The predicted molar refractivity (Wildman–Crippen MR) is 138 cm³/mol. The van der Waals surface area contributed by atoms with Crippen LogP contribution >= 0.6 is 0 Å². The Bertz CT molecular complexity index is 1420. The Morgan fingerprint density at radius 3 is 2.43 bits per heavy atom. The number of H-pyrrole nitrogens is 1. The molecule has 3 aromatic carbocycles. The first-order valence-corrected chi connectivity index (χ1v) is 13.4. The number of fused-ring (bicyclic) bond motifs is 1. The van der Waals surface area contributed by atoms with E-state index in [0.717, 1.165) is 29.5 Å². The SMILES string of the molecule is Cc1ccc(S(=O)(=O)NCc2ccccc2)cc1C(=O)N1CCC(c2cc3ccccc3[nH]2)CC1. The molecular weight excluding hydrogens is 458 g/mol. The number of aromatic amines is 1. The third-order valence-corrected chi connectivity index (χ3v) is 8.23. The van der Waals surface area contributed by atoms with Crippen LogP contribution in [0.1, 0.15) is 45.9 Å². The van der Waals surface area contributed by atoms with E-state index in [9.17, 15) is 13.2 Å². The number of aromatic nitrogens is 1. The standard InChI is InChI=1S/C28H29N3O3S/c1-20-11-12-24(35(33,34)29-19-21-7-3-2-4-8-21)18-25(20)28(32)31-15-13-22(14-16-31)27-17-23-9-5-6-10-26(23)30-27/h2-12,17-18,22,29-30H,13-16,19H2,1H3. The van der Waals surface area contributed by atoms with E-state index in [0.29, 0.717) is 24.6 Å². The van der Waals surface area contributed by atoms with E-state index >= 15 is 0 Å². The normalized spacial score (nSPS) is 14.9. The van der Waals surface area contributed by atoms with Crippen molar-refractivity contribution in [2.45, 2.75) is 37.1 Å². The minimum absolute atomic E-state index is 0.107. The van der Waals surface area contributed by atoms with Gasteiger partial charge in [-0.15, -0.1) is 0 Å². The van der Waals surface area contributed by atoms with Crippen LogP contribution in [0, 0.1) is 6.92 Å². The number of nitrogens with zero attached hydrogens (tertiary/aromatic N) is 1. The number of benzene rings is 3. The number of likely N-dealkylation sites (tertiary alicyclic amines) is 1. The van der Waals surface area contributed by atoms with E-state index in [1.54, 1.807) is 12.1 Å². The summed E-state index contributed by atoms with van der Waals surface area (Å²) in [5.41, 5.74) is 4.44. The van der Waals surface area contributed by atoms with Gasteiger partial charge in [-0.05, 0) is 60.5 Å². The molecule has 7 heteroatoms. The maximum absolute atomic E-state index is 13.4. The first-order valence-electron chi connectivity index (χ1n) is 11.9. The predicted octanol–water partition coefficient (Wildman–Crippen LogP) is 4.97. The Balaban J connectivity index is 1.27. The number of sulfonamides is 1. The van der Waals surface area contributed by atoms with Crippen LogP contribution in [0.2, 0.25) is 0 Å². The number of amides is 1. The summed E-state index contributed by atoms with van der Waals surface area (Å²) in [6, 6.07) is 24.6. The average molecular weight is 488 g/mol. The van der Waals surface area contributed by atoms with Gasteiger partial charge in [0.15, 0.2) is 0 Å². The van der Waals surface area contributed by atoms with Crippen LogP contribution in [-0.4, -0.2) is 37.3 Å². The molecule has 0 bridgehead atoms. The van der Waals surface area contributed by atoms with Gasteiger partial charge in [0.25, 0.3) is 5.91 Å². The number of piperidine rings is 1. The second kappa shape index (κ2) is 9.68. The monoisotopic (exact) mass is 487 g/mol. The van der Waals surface area contributed by atoms with Crippen molar-refractivity contribution < 1.29 is 13.2 Å². The molecule has 0 atom stereocenters. The fourth-order valence-corrected chi connectivity index (χ4v) is 5.78. The molecule has 1 aliphatic heterocycles. The van der Waals surface area contributed by atoms with Gasteiger partial charge in [-0.2, -0.15) is 0 Å². The molecule has 0 unspecified atom stereocenters. The number of para-hydroxylation sites is 1. The number of hydrogen-bond acceptors (Lipinski definition) is 3. The molecule has 1 aromatic heterocycles. The van der Waals surface area contributed by atoms with E-state index in [1.165, 1.54) is 17.1 Å². The van der Waals surface area contributed by atoms with Crippen molar-refractivity contribution in [3.63, 3.8) is 0 Å². The molecular formula is C28H29N3O3S. The summed E-state index contributed by atoms with van der Waals surface area (Å²) >= 11 is 0. The molecule has 35 heavy (non-hydrogen) atoms. The third kappa shape index (κ3) is 5.01. The molecule has 1 amide bonds. The lowest BCUT2D eigenvalue weighted by molar-refractivity contribution is 0.0711. The van der Waals surface area contributed by atoms with Gasteiger partial charge in [0, 0.05) is 42.3 Å². The fourth-order valence-electron chi connectivity index (χ4n) is 4.74. The van der Waals surface area contributed by atoms with Gasteiger partial charge in [0.05, 0.1) is 4.90 Å². The zero-order valence-corrected chi connectivity index (χ0v) is 20.5. The number of carbonyl (C=O) groups excluding carboxylic acids is 1. The minimum Gasteiger partial charge on any atom is -0.358 e. The lowest BCUT2D eigenvalue weighted by Gasteiger charge is -2.32. The minimum atomic E-state index is -3.74. The van der Waals surface area contributed by atoms with Crippen molar-refractivity contribution in [3.8, 4) is 0 Å². The van der Waals surface area contributed by atoms with Crippen molar-refractivity contribution in [2.24, 2.45) is 0 Å². The number of nitrogens with one attached hydrogen (secondary N) is 2. The highest BCUT2D eigenvalue weighted by atomic mass is 32.2. The molecule has 0 radical (unpaired) electrons. The topological polar surface area (TPSA) is 82.3 Å². The van der Waals surface area contributed by atoms with Crippen LogP contribution in [0.25, 0.3) is 10.9 Å². The Labute approximate surface area is 206 Å². The highest BCUT2D eigenvalue weighted by Gasteiger charge is 2.27. The molecule has 2 N–H and O–H groups in total. The van der Waals surface area contributed by atoms with Crippen molar-refractivity contribution in [3.05, 3.63) is 101 Å². The number of carbonyl (C=O) groups is 1. The number of aryl methyl sites for hydroxylation is 1. The van der Waals surface area contributed by atoms with E-state index in [4.69, 9.17) is 0 Å². The highest BCUT2D eigenvalue weighted by molar-refractivity contribution is 7.89. The van der Waals surface area contributed by atoms with Gasteiger partial charge in [-0.1, -0.05) is 54.6 Å². The maximum atomic E-state index is 13.4. The zero-order valence-electron chi connectivity index (χ0n) is 19.7. The second-order valence-corrected chi connectivity index (χ2v) is 10.9. The molecule has 6 nitrogen and oxygen atoms in total. The first kappa shape index (κ1) is 23.3. The van der Waals surface area contributed by atoms with Gasteiger partial charge >= 0.3 is 0 Å². The number of rotatable bonds is 6. The van der Waals surface area contributed by atoms with Crippen molar-refractivity contribution in [2.75, 3.05) is 13.1 Å². The summed E-state index contributed by atoms with van der Waals surface area (Å²) in [4.78, 5) is 18.8. The van der Waals surface area contributed by atoms with Crippen molar-refractivity contribution in [1.82, 2.24) is 14.6 Å². The summed E-state index contributed by atoms with van der Waals surface area (Å²) in [7, 11) is -3.74. The molecule has 1 aliphatic rings. The average Bonchev–Trinajstić information content (AvgIpc) is 3.32. The molecule has 1 fully saturated rings. The molecule has 0 spiro atoms. The molecule has 0 saturated carbocycles. The Kier molecular flexibility index (Phi) is 6.45. The molecule has 180 valence electrons. The largest absolute Gasteiger partial charge is 0.358 e. The van der Waals surface area contributed by atoms with Gasteiger partial charge in [-0.3, -0.25) is 4.79 Å². The van der Waals surface area contributed by atoms with E-state index in [2.05, 4.69) is 27.9 Å². The quantitative estimate of drug-likeness (QED) is 0.403. The lowest BCUT2D eigenvalue weighted by Crippen LogP contribution is -2.38. The van der Waals surface area contributed by atoms with Gasteiger partial charge in [0.1, 0.15) is 0 Å². The molecule has 4 aromatic rings. The van der Waals surface area contributed by atoms with E-state index < -0.39 is 10.0 Å². The Morgan fingerprint density at radius 2 is 1.69 bits per heavy atom. The summed E-state index contributed by atoms with van der Waals surface area (Å²) in [5, 5.41) is 1.20. The second-order valence-electron chi connectivity index (χ2n) is 9.17. The van der Waals surface area contributed by atoms with Crippen LogP contribution in [-0.2, 0) is 16.6 Å². The molecule has 2 heterocycles. The lowest BCUT2D eigenvalue weighted by atomic mass is 9.93. The summed E-state index contributed by atoms with van der Waals surface area (Å²) < 4.78 is 28.4. The highest BCUT2D eigenvalue weighted by Crippen LogP contribution is 2.31. The Morgan fingerprint density at radius 1 is 0.971 bits per heavy atom. The summed E-state index contributed by atoms with van der Waals surface area (Å²) in [6.07, 6.45) is 1.74. The van der Waals surface area contributed by atoms with Crippen molar-refractivity contribution >= 4 is 26.8 Å². The summed E-state index contributed by atoms with van der Waals surface area (Å²) in [5.74, 6) is 0.263. The van der Waals surface area contributed by atoms with E-state index in [1.807, 2.05) is 54.3 Å². The molecule has 5 rings (SSSR count). The van der Waals surface area contributed by atoms with E-state index in [-0.39, 0.29) is 17.3 Å². The van der Waals surface area contributed by atoms with Crippen LogP contribution in [0.4, 0.5) is 0 Å². The van der Waals surface area contributed by atoms with Crippen LogP contribution in [0.15, 0.2) is 83.8 Å². The number of hydrogen-bond donors (Lipinski definition) is 2. The first-order chi connectivity index (χ1) is 16.9.